The molecular formula is C17H23NO4. The summed E-state index contributed by atoms with van der Waals surface area (Å²) in [5.74, 6) is -1.28. The number of carbonyl (C=O) groups is 2. The van der Waals surface area contributed by atoms with E-state index in [1.54, 1.807) is 6.92 Å². The smallest absolute Gasteiger partial charge is 0.335 e. The summed E-state index contributed by atoms with van der Waals surface area (Å²) in [7, 11) is 2.73. The van der Waals surface area contributed by atoms with E-state index in [2.05, 4.69) is 17.1 Å². The molecule has 0 saturated heterocycles. The van der Waals surface area contributed by atoms with E-state index in [1.165, 1.54) is 14.2 Å². The van der Waals surface area contributed by atoms with Crippen LogP contribution in [0.15, 0.2) is 28.4 Å². The van der Waals surface area contributed by atoms with Gasteiger partial charge in [-0.15, -0.1) is 0 Å². The summed E-state index contributed by atoms with van der Waals surface area (Å²) in [6, 6.07) is 0. The van der Waals surface area contributed by atoms with E-state index in [-0.39, 0.29) is 17.8 Å². The van der Waals surface area contributed by atoms with E-state index >= 15 is 0 Å². The Morgan fingerprint density at radius 3 is 2.45 bits per heavy atom. The fraction of sp³-hybridized carbons (Fsp3) is 0.588. The topological polar surface area (TPSA) is 65.0 Å². The zero-order valence-corrected chi connectivity index (χ0v) is 13.6. The lowest BCUT2D eigenvalue weighted by molar-refractivity contribution is -0.145. The van der Waals surface area contributed by atoms with Crippen molar-refractivity contribution < 1.29 is 19.1 Å². The summed E-state index contributed by atoms with van der Waals surface area (Å²) >= 11 is 0. The second kappa shape index (κ2) is 6.90. The number of hydrogen-bond donors (Lipinski definition) is 0. The molecule has 0 spiro atoms. The highest BCUT2D eigenvalue weighted by molar-refractivity contribution is 6.05. The second-order valence-electron chi connectivity index (χ2n) is 5.82. The number of methoxy groups -OCH3 is 2. The summed E-state index contributed by atoms with van der Waals surface area (Å²) in [6.07, 6.45) is 7.00. The molecule has 0 fully saturated rings. The van der Waals surface area contributed by atoms with Gasteiger partial charge in [0.05, 0.1) is 19.8 Å². The molecule has 5 heteroatoms. The van der Waals surface area contributed by atoms with Crippen molar-refractivity contribution in [3.8, 4) is 0 Å². The van der Waals surface area contributed by atoms with Gasteiger partial charge in [0, 0.05) is 17.3 Å². The van der Waals surface area contributed by atoms with Crippen molar-refractivity contribution in [2.45, 2.75) is 33.1 Å². The maximum absolute atomic E-state index is 12.3. The van der Waals surface area contributed by atoms with Gasteiger partial charge in [0.2, 0.25) is 0 Å². The summed E-state index contributed by atoms with van der Waals surface area (Å²) < 4.78 is 9.91. The fourth-order valence-electron chi connectivity index (χ4n) is 3.55. The van der Waals surface area contributed by atoms with Crippen molar-refractivity contribution in [1.82, 2.24) is 0 Å². The second-order valence-corrected chi connectivity index (χ2v) is 5.82. The van der Waals surface area contributed by atoms with Gasteiger partial charge >= 0.3 is 11.9 Å². The van der Waals surface area contributed by atoms with Crippen LogP contribution in [-0.4, -0.2) is 31.9 Å². The van der Waals surface area contributed by atoms with Gasteiger partial charge in [-0.2, -0.15) is 0 Å². The third-order valence-electron chi connectivity index (χ3n) is 4.55. The number of allylic oxidation sites excluding steroid dienone is 3. The average Bonchev–Trinajstić information content (AvgIpc) is 2.53. The molecule has 2 rings (SSSR count). The summed E-state index contributed by atoms with van der Waals surface area (Å²) in [4.78, 5) is 29.0. The minimum absolute atomic E-state index is 0.212. The van der Waals surface area contributed by atoms with Crippen molar-refractivity contribution in [3.05, 3.63) is 23.4 Å². The van der Waals surface area contributed by atoms with Crippen LogP contribution in [0.1, 0.15) is 33.1 Å². The lowest BCUT2D eigenvalue weighted by Gasteiger charge is -2.36. The number of nitrogens with zero attached hydrogens (tertiary/aromatic N) is 1. The minimum atomic E-state index is -0.515. The van der Waals surface area contributed by atoms with E-state index in [1.807, 2.05) is 6.92 Å². The zero-order chi connectivity index (χ0) is 16.3. The lowest BCUT2D eigenvalue weighted by Crippen LogP contribution is -2.41. The molecule has 1 aliphatic heterocycles. The lowest BCUT2D eigenvalue weighted by atomic mass is 9.69. The zero-order valence-electron chi connectivity index (χ0n) is 13.6. The first-order valence-electron chi connectivity index (χ1n) is 7.58. The summed E-state index contributed by atoms with van der Waals surface area (Å²) in [5, 5.41) is 0. The Morgan fingerprint density at radius 2 is 1.91 bits per heavy atom. The maximum atomic E-state index is 12.3. The van der Waals surface area contributed by atoms with Crippen molar-refractivity contribution in [2.24, 2.45) is 22.7 Å². The minimum Gasteiger partial charge on any atom is -0.468 e. The van der Waals surface area contributed by atoms with E-state index in [4.69, 9.17) is 9.47 Å². The van der Waals surface area contributed by atoms with Crippen LogP contribution in [0.4, 0.5) is 0 Å². The molecule has 1 aliphatic carbocycles. The van der Waals surface area contributed by atoms with Gasteiger partial charge in [-0.05, 0) is 39.0 Å². The molecule has 0 aromatic carbocycles. The number of aliphatic imine (C=N–C) groups is 1. The van der Waals surface area contributed by atoms with Gasteiger partial charge < -0.3 is 9.47 Å². The van der Waals surface area contributed by atoms with E-state index in [0.29, 0.717) is 17.0 Å². The third-order valence-corrected chi connectivity index (χ3v) is 4.55. The molecule has 0 aromatic heterocycles. The standard InChI is InChI=1S/C17H23NO4/c1-10-13(16(19)21-3)15(12-8-6-5-7-9-12)14(11(2)18-10)17(20)22-4/h5-6,12-13,15H,7-9H2,1-4H3/t12-,13?,15+/m1/s1. The number of esters is 2. The van der Waals surface area contributed by atoms with Crippen LogP contribution >= 0.6 is 0 Å². The monoisotopic (exact) mass is 305 g/mol. The highest BCUT2D eigenvalue weighted by atomic mass is 16.5. The first kappa shape index (κ1) is 16.5. The Hall–Kier alpha value is -1.91. The quantitative estimate of drug-likeness (QED) is 0.594. The maximum Gasteiger partial charge on any atom is 0.335 e. The van der Waals surface area contributed by atoms with Crippen molar-refractivity contribution in [2.75, 3.05) is 14.2 Å². The molecule has 5 nitrogen and oxygen atoms in total. The highest BCUT2D eigenvalue weighted by Gasteiger charge is 2.44. The SMILES string of the molecule is COC(=O)C1=C(C)N=C(C)C(C(=O)OC)[C@@H]1[C@@H]1CC=CCC1. The van der Waals surface area contributed by atoms with Crippen LogP contribution in [-0.2, 0) is 19.1 Å². The molecule has 0 saturated carbocycles. The van der Waals surface area contributed by atoms with Crippen LogP contribution in [0.3, 0.4) is 0 Å². The van der Waals surface area contributed by atoms with Gasteiger partial charge in [-0.3, -0.25) is 9.79 Å². The van der Waals surface area contributed by atoms with E-state index in [0.717, 1.165) is 19.3 Å². The molecule has 2 aliphatic rings. The Morgan fingerprint density at radius 1 is 1.18 bits per heavy atom. The molecule has 0 N–H and O–H groups in total. The first-order valence-corrected chi connectivity index (χ1v) is 7.58. The number of rotatable bonds is 3. The number of carbonyl (C=O) groups excluding carboxylic acids is 2. The van der Waals surface area contributed by atoms with E-state index < -0.39 is 11.9 Å². The number of hydrogen-bond acceptors (Lipinski definition) is 5. The molecule has 0 radical (unpaired) electrons. The molecule has 3 atom stereocenters. The molecule has 0 bridgehead atoms. The Kier molecular flexibility index (Phi) is 5.16. The largest absolute Gasteiger partial charge is 0.468 e. The van der Waals surface area contributed by atoms with Crippen LogP contribution in [0.5, 0.6) is 0 Å². The van der Waals surface area contributed by atoms with Gasteiger partial charge in [0.25, 0.3) is 0 Å². The molecule has 120 valence electrons. The van der Waals surface area contributed by atoms with Crippen LogP contribution in [0.2, 0.25) is 0 Å². The molecule has 1 unspecified atom stereocenters. The van der Waals surface area contributed by atoms with Gasteiger partial charge in [-0.1, -0.05) is 12.2 Å². The van der Waals surface area contributed by atoms with Crippen molar-refractivity contribution in [3.63, 3.8) is 0 Å². The molecule has 1 heterocycles. The van der Waals surface area contributed by atoms with Gasteiger partial charge in [0.1, 0.15) is 5.92 Å². The van der Waals surface area contributed by atoms with Crippen LogP contribution in [0, 0.1) is 17.8 Å². The molecule has 22 heavy (non-hydrogen) atoms. The van der Waals surface area contributed by atoms with E-state index in [9.17, 15) is 9.59 Å². The van der Waals surface area contributed by atoms with Crippen molar-refractivity contribution in [1.29, 1.82) is 0 Å². The fourth-order valence-corrected chi connectivity index (χ4v) is 3.55. The molecule has 0 amide bonds. The third kappa shape index (κ3) is 2.98. The number of ether oxygens (including phenoxy) is 2. The average molecular weight is 305 g/mol. The summed E-state index contributed by atoms with van der Waals surface area (Å²) in [6.45, 7) is 3.62. The first-order chi connectivity index (χ1) is 10.5. The van der Waals surface area contributed by atoms with Gasteiger partial charge in [-0.25, -0.2) is 4.79 Å². The summed E-state index contributed by atoms with van der Waals surface area (Å²) in [5.41, 5.74) is 1.87. The predicted octanol–water partition coefficient (Wildman–Crippen LogP) is 2.67. The molecular weight excluding hydrogens is 282 g/mol. The Labute approximate surface area is 131 Å². The predicted molar refractivity (Wildman–Crippen MR) is 83.3 cm³/mol. The van der Waals surface area contributed by atoms with Crippen LogP contribution in [0.25, 0.3) is 0 Å². The van der Waals surface area contributed by atoms with Crippen LogP contribution < -0.4 is 0 Å². The van der Waals surface area contributed by atoms with Crippen molar-refractivity contribution >= 4 is 17.7 Å². The highest BCUT2D eigenvalue weighted by Crippen LogP contribution is 2.41. The normalized spacial score (nSPS) is 28.2. The Bertz CT molecular complexity index is 559. The Balaban J connectivity index is 2.50. The van der Waals surface area contributed by atoms with Gasteiger partial charge in [0.15, 0.2) is 0 Å². The molecule has 0 aromatic rings.